The largest absolute Gasteiger partial charge is 0.228 e. The van der Waals surface area contributed by atoms with Crippen molar-refractivity contribution in [3.63, 3.8) is 0 Å². The number of fused-ring (bicyclic) bond motifs is 6. The summed E-state index contributed by atoms with van der Waals surface area (Å²) in [5, 5.41) is 2.58. The Labute approximate surface area is 342 Å². The SMILES string of the molecule is CC1(C)c2ccccc2-c2cc(-c3cc(-c4cc(-c5ccc(-c6ccccc6)cc5)cc(-c5cccc6c5sc5ccccc56)c4)nc(-c4ccccc4)n3)ccc21. The van der Waals surface area contributed by atoms with Crippen LogP contribution in [0.1, 0.15) is 25.0 Å². The van der Waals surface area contributed by atoms with Crippen molar-refractivity contribution in [1.29, 1.82) is 0 Å². The molecule has 1 aliphatic carbocycles. The van der Waals surface area contributed by atoms with Gasteiger partial charge in [0.05, 0.1) is 11.4 Å². The second-order valence-electron chi connectivity index (χ2n) is 15.8. The van der Waals surface area contributed by atoms with Gasteiger partial charge in [0, 0.05) is 42.3 Å². The Bertz CT molecular complexity index is 3180. The number of hydrogen-bond acceptors (Lipinski definition) is 3. The van der Waals surface area contributed by atoms with Crippen LogP contribution >= 0.6 is 11.3 Å². The molecule has 0 atom stereocenters. The fraction of sp³-hybridized carbons (Fsp3) is 0.0545. The highest BCUT2D eigenvalue weighted by Crippen LogP contribution is 2.50. The van der Waals surface area contributed by atoms with Crippen LogP contribution in [0.15, 0.2) is 194 Å². The molecular formula is C55H38N2S. The van der Waals surface area contributed by atoms with Crippen molar-refractivity contribution in [1.82, 2.24) is 9.97 Å². The minimum Gasteiger partial charge on any atom is -0.228 e. The van der Waals surface area contributed by atoms with Crippen LogP contribution in [-0.4, -0.2) is 9.97 Å². The van der Waals surface area contributed by atoms with Crippen molar-refractivity contribution in [3.05, 3.63) is 205 Å². The van der Waals surface area contributed by atoms with E-state index in [2.05, 4.69) is 202 Å². The zero-order chi connectivity index (χ0) is 38.8. The highest BCUT2D eigenvalue weighted by atomic mass is 32.1. The number of thiophene rings is 1. The maximum atomic E-state index is 5.34. The molecular weight excluding hydrogens is 721 g/mol. The molecule has 0 fully saturated rings. The Kier molecular flexibility index (Phi) is 8.06. The minimum absolute atomic E-state index is 0.0656. The summed E-state index contributed by atoms with van der Waals surface area (Å²) in [5.74, 6) is 0.708. The monoisotopic (exact) mass is 758 g/mol. The van der Waals surface area contributed by atoms with Crippen molar-refractivity contribution >= 4 is 31.5 Å². The van der Waals surface area contributed by atoms with Gasteiger partial charge in [-0.25, -0.2) is 9.97 Å². The molecule has 2 aromatic heterocycles. The van der Waals surface area contributed by atoms with Crippen LogP contribution < -0.4 is 0 Å². The number of aromatic nitrogens is 2. The standard InChI is InChI=1S/C55H38N2S/c1-55(2)48-22-11-9-18-44(48)47-33-39(28-29-49(47)55)50-34-51(57-54(56-50)38-16-7-4-8-17-38)42-31-40(37-26-24-36(25-27-37)35-14-5-3-6-15-35)30-41(32-42)43-20-13-21-46-45-19-10-12-23-52(45)58-53(43)46/h3-34H,1-2H3. The van der Waals surface area contributed by atoms with Gasteiger partial charge in [-0.05, 0) is 92.0 Å². The summed E-state index contributed by atoms with van der Waals surface area (Å²) in [5.41, 5.74) is 17.2. The molecule has 2 heterocycles. The maximum absolute atomic E-state index is 5.34. The maximum Gasteiger partial charge on any atom is 0.160 e. The molecule has 0 aliphatic heterocycles. The first-order valence-corrected chi connectivity index (χ1v) is 20.7. The van der Waals surface area contributed by atoms with Gasteiger partial charge in [0.15, 0.2) is 5.82 Å². The van der Waals surface area contributed by atoms with E-state index in [0.717, 1.165) is 44.8 Å². The number of rotatable bonds is 6. The lowest BCUT2D eigenvalue weighted by molar-refractivity contribution is 0.660. The predicted octanol–water partition coefficient (Wildman–Crippen LogP) is 15.2. The van der Waals surface area contributed by atoms with Gasteiger partial charge in [-0.15, -0.1) is 11.3 Å². The number of benzene rings is 8. The summed E-state index contributed by atoms with van der Waals surface area (Å²) >= 11 is 1.86. The van der Waals surface area contributed by atoms with E-state index in [1.807, 2.05) is 17.4 Å². The van der Waals surface area contributed by atoms with E-state index in [9.17, 15) is 0 Å². The quantitative estimate of drug-likeness (QED) is 0.169. The fourth-order valence-electron chi connectivity index (χ4n) is 8.90. The van der Waals surface area contributed by atoms with E-state index < -0.39 is 0 Å². The molecule has 274 valence electrons. The molecule has 0 N–H and O–H groups in total. The van der Waals surface area contributed by atoms with Gasteiger partial charge in [-0.3, -0.25) is 0 Å². The molecule has 1 aliphatic rings. The van der Waals surface area contributed by atoms with Gasteiger partial charge in [0.25, 0.3) is 0 Å². The molecule has 2 nitrogen and oxygen atoms in total. The Morgan fingerprint density at radius 2 is 0.914 bits per heavy atom. The van der Waals surface area contributed by atoms with E-state index in [0.29, 0.717) is 5.82 Å². The summed E-state index contributed by atoms with van der Waals surface area (Å²) in [6.07, 6.45) is 0. The Hall–Kier alpha value is -6.94. The van der Waals surface area contributed by atoms with Crippen molar-refractivity contribution in [2.24, 2.45) is 0 Å². The normalized spacial score (nSPS) is 12.8. The highest BCUT2D eigenvalue weighted by Gasteiger charge is 2.35. The Balaban J connectivity index is 1.12. The van der Waals surface area contributed by atoms with E-state index in [-0.39, 0.29) is 5.41 Å². The molecule has 0 radical (unpaired) electrons. The Morgan fingerprint density at radius 3 is 1.71 bits per heavy atom. The van der Waals surface area contributed by atoms with E-state index in [1.54, 1.807) is 0 Å². The first-order valence-electron chi connectivity index (χ1n) is 19.9. The van der Waals surface area contributed by atoms with Crippen LogP contribution in [0, 0.1) is 0 Å². The summed E-state index contributed by atoms with van der Waals surface area (Å²) in [4.78, 5) is 10.6. The molecule has 8 aromatic carbocycles. The van der Waals surface area contributed by atoms with Gasteiger partial charge in [0.1, 0.15) is 0 Å². The zero-order valence-corrected chi connectivity index (χ0v) is 33.1. The van der Waals surface area contributed by atoms with Gasteiger partial charge in [-0.1, -0.05) is 172 Å². The van der Waals surface area contributed by atoms with Crippen LogP contribution in [0.2, 0.25) is 0 Å². The van der Waals surface area contributed by atoms with Gasteiger partial charge in [0.2, 0.25) is 0 Å². The topological polar surface area (TPSA) is 25.8 Å². The summed E-state index contributed by atoms with van der Waals surface area (Å²) in [6.45, 7) is 4.65. The predicted molar refractivity (Wildman–Crippen MR) is 245 cm³/mol. The third-order valence-electron chi connectivity index (χ3n) is 11.9. The third-order valence-corrected chi connectivity index (χ3v) is 13.1. The minimum atomic E-state index is -0.0656. The lowest BCUT2D eigenvalue weighted by atomic mass is 9.82. The van der Waals surface area contributed by atoms with Crippen LogP contribution in [0.25, 0.3) is 98.6 Å². The first kappa shape index (κ1) is 34.3. The molecule has 11 rings (SSSR count). The average molecular weight is 759 g/mol. The lowest BCUT2D eigenvalue weighted by Gasteiger charge is -2.21. The molecule has 0 saturated heterocycles. The van der Waals surface area contributed by atoms with Crippen molar-refractivity contribution in [3.8, 4) is 78.4 Å². The summed E-state index contributed by atoms with van der Waals surface area (Å²) < 4.78 is 2.59. The number of hydrogen-bond donors (Lipinski definition) is 0. The van der Waals surface area contributed by atoms with Crippen LogP contribution in [0.5, 0.6) is 0 Å². The van der Waals surface area contributed by atoms with Crippen LogP contribution in [0.3, 0.4) is 0 Å². The van der Waals surface area contributed by atoms with E-state index >= 15 is 0 Å². The van der Waals surface area contributed by atoms with Crippen molar-refractivity contribution in [2.45, 2.75) is 19.3 Å². The summed E-state index contributed by atoms with van der Waals surface area (Å²) in [6, 6.07) is 70.2. The molecule has 0 saturated carbocycles. The summed E-state index contributed by atoms with van der Waals surface area (Å²) in [7, 11) is 0. The zero-order valence-electron chi connectivity index (χ0n) is 32.3. The second kappa shape index (κ2) is 13.6. The van der Waals surface area contributed by atoms with Crippen molar-refractivity contribution < 1.29 is 0 Å². The highest BCUT2D eigenvalue weighted by molar-refractivity contribution is 7.26. The Morgan fingerprint density at radius 1 is 0.362 bits per heavy atom. The molecule has 0 amide bonds. The second-order valence-corrected chi connectivity index (χ2v) is 16.8. The third kappa shape index (κ3) is 5.78. The van der Waals surface area contributed by atoms with Gasteiger partial charge < -0.3 is 0 Å². The van der Waals surface area contributed by atoms with Crippen LogP contribution in [0.4, 0.5) is 0 Å². The molecule has 0 spiro atoms. The number of nitrogens with zero attached hydrogens (tertiary/aromatic N) is 2. The van der Waals surface area contributed by atoms with Gasteiger partial charge >= 0.3 is 0 Å². The van der Waals surface area contributed by atoms with E-state index in [1.165, 1.54) is 59.1 Å². The van der Waals surface area contributed by atoms with Crippen molar-refractivity contribution in [2.75, 3.05) is 0 Å². The van der Waals surface area contributed by atoms with Crippen LogP contribution in [-0.2, 0) is 5.41 Å². The molecule has 0 unspecified atom stereocenters. The van der Waals surface area contributed by atoms with E-state index in [4.69, 9.17) is 9.97 Å². The fourth-order valence-corrected chi connectivity index (χ4v) is 10.1. The molecule has 58 heavy (non-hydrogen) atoms. The first-order chi connectivity index (χ1) is 28.5. The lowest BCUT2D eigenvalue weighted by Crippen LogP contribution is -2.14. The van der Waals surface area contributed by atoms with Gasteiger partial charge in [-0.2, -0.15) is 0 Å². The average Bonchev–Trinajstić information content (AvgIpc) is 3.78. The molecule has 10 aromatic rings. The molecule has 3 heteroatoms. The smallest absolute Gasteiger partial charge is 0.160 e. The molecule has 0 bridgehead atoms.